The van der Waals surface area contributed by atoms with E-state index in [1.165, 1.54) is 5.56 Å². The predicted octanol–water partition coefficient (Wildman–Crippen LogP) is 5.35. The molecule has 5 heteroatoms. The molecule has 2 aromatic heterocycles. The summed E-state index contributed by atoms with van der Waals surface area (Å²) in [5.74, 6) is 1.86. The largest absolute Gasteiger partial charge is 0.469 e. The second kappa shape index (κ2) is 6.46. The van der Waals surface area contributed by atoms with Gasteiger partial charge in [0.25, 0.3) is 0 Å². The molecule has 0 fully saturated rings. The first-order valence-corrected chi connectivity index (χ1v) is 10.3. The van der Waals surface area contributed by atoms with Gasteiger partial charge in [0.05, 0.1) is 23.3 Å². The summed E-state index contributed by atoms with van der Waals surface area (Å²) in [7, 11) is 0. The average Bonchev–Trinajstić information content (AvgIpc) is 3.41. The summed E-state index contributed by atoms with van der Waals surface area (Å²) in [6.07, 6.45) is 2.87. The van der Waals surface area contributed by atoms with Crippen LogP contribution in [0, 0.1) is 6.92 Å². The Morgan fingerprint density at radius 2 is 1.87 bits per heavy atom. The number of Topliss-reactive ketones (excluding diaryl/α,β-unsaturated/α-hetero) is 1. The Labute approximate surface area is 174 Å². The fourth-order valence-corrected chi connectivity index (χ4v) is 4.81. The van der Waals surface area contributed by atoms with E-state index >= 15 is 0 Å². The molecule has 1 aliphatic carbocycles. The second-order valence-electron chi connectivity index (χ2n) is 8.17. The molecule has 0 amide bonds. The first kappa shape index (κ1) is 17.3. The number of fused-ring (bicyclic) bond motifs is 3. The third kappa shape index (κ3) is 2.55. The summed E-state index contributed by atoms with van der Waals surface area (Å²) in [6, 6.07) is 20.2. The number of anilines is 1. The molecule has 148 valence electrons. The van der Waals surface area contributed by atoms with Crippen molar-refractivity contribution in [2.45, 2.75) is 31.7 Å². The van der Waals surface area contributed by atoms with Crippen molar-refractivity contribution < 1.29 is 9.21 Å². The van der Waals surface area contributed by atoms with Crippen molar-refractivity contribution >= 4 is 22.8 Å². The first-order chi connectivity index (χ1) is 14.7. The van der Waals surface area contributed by atoms with Gasteiger partial charge in [0.15, 0.2) is 5.78 Å². The highest BCUT2D eigenvalue weighted by molar-refractivity contribution is 6.01. The minimum absolute atomic E-state index is 0.0494. The number of nitrogens with zero attached hydrogens (tertiary/aromatic N) is 2. The van der Waals surface area contributed by atoms with Gasteiger partial charge < -0.3 is 9.73 Å². The third-order valence-electron chi connectivity index (χ3n) is 6.24. The molecule has 1 aliphatic heterocycles. The van der Waals surface area contributed by atoms with E-state index in [2.05, 4.69) is 47.1 Å². The number of aryl methyl sites for hydroxylation is 1. The smallest absolute Gasteiger partial charge is 0.209 e. The van der Waals surface area contributed by atoms with Crippen molar-refractivity contribution in [1.29, 1.82) is 0 Å². The Morgan fingerprint density at radius 1 is 1.03 bits per heavy atom. The summed E-state index contributed by atoms with van der Waals surface area (Å²) >= 11 is 0. The van der Waals surface area contributed by atoms with Crippen molar-refractivity contribution in [2.24, 2.45) is 0 Å². The molecule has 5 nitrogen and oxygen atoms in total. The molecule has 0 unspecified atom stereocenters. The van der Waals surface area contributed by atoms with Crippen molar-refractivity contribution in [2.75, 3.05) is 5.32 Å². The Morgan fingerprint density at radius 3 is 2.67 bits per heavy atom. The van der Waals surface area contributed by atoms with E-state index in [1.54, 1.807) is 6.26 Å². The van der Waals surface area contributed by atoms with Crippen LogP contribution in [0.3, 0.4) is 0 Å². The van der Waals surface area contributed by atoms with Crippen LogP contribution in [-0.2, 0) is 4.79 Å². The molecule has 30 heavy (non-hydrogen) atoms. The van der Waals surface area contributed by atoms with E-state index in [4.69, 9.17) is 9.40 Å². The van der Waals surface area contributed by atoms with Gasteiger partial charge in [-0.3, -0.25) is 9.36 Å². The van der Waals surface area contributed by atoms with Gasteiger partial charge in [-0.05, 0) is 43.2 Å². The highest BCUT2D eigenvalue weighted by Crippen LogP contribution is 2.45. The number of ketones is 1. The van der Waals surface area contributed by atoms with E-state index in [-0.39, 0.29) is 17.7 Å². The zero-order valence-corrected chi connectivity index (χ0v) is 16.6. The van der Waals surface area contributed by atoms with Gasteiger partial charge in [-0.15, -0.1) is 0 Å². The Bertz CT molecular complexity index is 1300. The van der Waals surface area contributed by atoms with E-state index in [0.717, 1.165) is 46.0 Å². The highest BCUT2D eigenvalue weighted by Gasteiger charge is 2.40. The van der Waals surface area contributed by atoms with Gasteiger partial charge in [0.1, 0.15) is 5.76 Å². The molecule has 0 spiro atoms. The number of para-hydroxylation sites is 2. The van der Waals surface area contributed by atoms with Crippen LogP contribution in [0.1, 0.15) is 41.7 Å². The number of carbonyl (C=O) groups is 1. The lowest BCUT2D eigenvalue weighted by Gasteiger charge is -2.36. The number of aromatic nitrogens is 2. The van der Waals surface area contributed by atoms with E-state index < -0.39 is 0 Å². The van der Waals surface area contributed by atoms with Crippen LogP contribution in [0.5, 0.6) is 0 Å². The van der Waals surface area contributed by atoms with Gasteiger partial charge in [-0.1, -0.05) is 42.0 Å². The minimum Gasteiger partial charge on any atom is -0.469 e. The van der Waals surface area contributed by atoms with Gasteiger partial charge >= 0.3 is 0 Å². The van der Waals surface area contributed by atoms with Gasteiger partial charge in [0, 0.05) is 23.6 Å². The minimum atomic E-state index is -0.186. The predicted molar refractivity (Wildman–Crippen MR) is 115 cm³/mol. The SMILES string of the molecule is Cc1ccc([C@@H]2C3=C(C[C@H](c4ccco4)CC3=O)Nc3nc4ccccc4n32)cc1. The van der Waals surface area contributed by atoms with Crippen LogP contribution in [-0.4, -0.2) is 15.3 Å². The van der Waals surface area contributed by atoms with Crippen molar-refractivity contribution in [3.63, 3.8) is 0 Å². The summed E-state index contributed by atoms with van der Waals surface area (Å²) in [4.78, 5) is 18.3. The monoisotopic (exact) mass is 395 g/mol. The standard InChI is InChI=1S/C25H21N3O2/c1-15-8-10-16(11-9-15)24-23-19(13-17(14-21(23)29)22-7-4-12-30-22)27-25-26-18-5-2-3-6-20(18)28(24)25/h2-12,17,24H,13-14H2,1H3,(H,26,27)/t17-,24+/m0/s1. The zero-order valence-electron chi connectivity index (χ0n) is 16.6. The van der Waals surface area contributed by atoms with Crippen molar-refractivity contribution in [3.05, 3.63) is 95.1 Å². The molecule has 0 bridgehead atoms. The lowest BCUT2D eigenvalue weighted by Crippen LogP contribution is -2.33. The maximum atomic E-state index is 13.5. The topological polar surface area (TPSA) is 60.1 Å². The zero-order chi connectivity index (χ0) is 20.2. The van der Waals surface area contributed by atoms with Crippen LogP contribution in [0.25, 0.3) is 11.0 Å². The number of hydrogen-bond acceptors (Lipinski definition) is 4. The van der Waals surface area contributed by atoms with Crippen molar-refractivity contribution in [3.8, 4) is 0 Å². The molecule has 2 atom stereocenters. The molecule has 0 radical (unpaired) electrons. The molecule has 2 aromatic carbocycles. The molecule has 6 rings (SSSR count). The molecular weight excluding hydrogens is 374 g/mol. The van der Waals surface area contributed by atoms with Gasteiger partial charge in [-0.25, -0.2) is 4.98 Å². The Kier molecular flexibility index (Phi) is 3.72. The number of allylic oxidation sites excluding steroid dienone is 2. The van der Waals surface area contributed by atoms with E-state index in [9.17, 15) is 4.79 Å². The summed E-state index contributed by atoms with van der Waals surface area (Å²) < 4.78 is 7.79. The average molecular weight is 395 g/mol. The Balaban J connectivity index is 1.55. The third-order valence-corrected chi connectivity index (χ3v) is 6.24. The van der Waals surface area contributed by atoms with E-state index in [0.29, 0.717) is 6.42 Å². The molecule has 2 aliphatic rings. The fourth-order valence-electron chi connectivity index (χ4n) is 4.81. The van der Waals surface area contributed by atoms with Crippen LogP contribution in [0.4, 0.5) is 5.95 Å². The number of hydrogen-bond donors (Lipinski definition) is 1. The lowest BCUT2D eigenvalue weighted by molar-refractivity contribution is -0.116. The fraction of sp³-hybridized carbons (Fsp3) is 0.200. The number of furan rings is 1. The van der Waals surface area contributed by atoms with Crippen LogP contribution < -0.4 is 5.32 Å². The highest BCUT2D eigenvalue weighted by atomic mass is 16.3. The molecule has 3 heterocycles. The van der Waals surface area contributed by atoms with Crippen molar-refractivity contribution in [1.82, 2.24) is 9.55 Å². The van der Waals surface area contributed by atoms with Gasteiger partial charge in [-0.2, -0.15) is 0 Å². The number of imidazole rings is 1. The lowest BCUT2D eigenvalue weighted by atomic mass is 9.79. The normalized spacial score (nSPS) is 20.8. The quantitative estimate of drug-likeness (QED) is 0.497. The molecule has 0 saturated heterocycles. The summed E-state index contributed by atoms with van der Waals surface area (Å²) in [5, 5.41) is 3.49. The second-order valence-corrected chi connectivity index (χ2v) is 8.17. The number of carbonyl (C=O) groups excluding carboxylic acids is 1. The molecular formula is C25H21N3O2. The molecule has 4 aromatic rings. The maximum absolute atomic E-state index is 13.5. The number of benzene rings is 2. The van der Waals surface area contributed by atoms with Crippen LogP contribution in [0.15, 0.2) is 82.6 Å². The molecule has 0 saturated carbocycles. The summed E-state index contributed by atoms with van der Waals surface area (Å²) in [6.45, 7) is 2.08. The van der Waals surface area contributed by atoms with Crippen LogP contribution in [0.2, 0.25) is 0 Å². The Hall–Kier alpha value is -3.60. The van der Waals surface area contributed by atoms with Gasteiger partial charge in [0.2, 0.25) is 5.95 Å². The van der Waals surface area contributed by atoms with Crippen LogP contribution >= 0.6 is 0 Å². The summed E-state index contributed by atoms with van der Waals surface area (Å²) in [5.41, 5.74) is 6.05. The number of nitrogens with one attached hydrogen (secondary N) is 1. The molecule has 1 N–H and O–H groups in total. The van der Waals surface area contributed by atoms with E-state index in [1.807, 2.05) is 30.3 Å². The maximum Gasteiger partial charge on any atom is 0.209 e. The first-order valence-electron chi connectivity index (χ1n) is 10.3. The number of rotatable bonds is 2.